The maximum Gasteiger partial charge on any atom is 0.231 e. The summed E-state index contributed by atoms with van der Waals surface area (Å²) >= 11 is 1.33. The number of benzene rings is 1. The Bertz CT molecular complexity index is 978. The smallest absolute Gasteiger partial charge is 0.231 e. The number of nitrogens with zero attached hydrogens (tertiary/aromatic N) is 5. The molecule has 9 heteroatoms. The topological polar surface area (TPSA) is 96.1 Å². The van der Waals surface area contributed by atoms with Crippen molar-refractivity contribution in [3.05, 3.63) is 30.1 Å². The summed E-state index contributed by atoms with van der Waals surface area (Å²) in [6, 6.07) is 10.1. The van der Waals surface area contributed by atoms with Crippen LogP contribution in [-0.4, -0.2) is 57.1 Å². The highest BCUT2D eigenvalue weighted by Gasteiger charge is 2.30. The van der Waals surface area contributed by atoms with Crippen molar-refractivity contribution in [2.45, 2.75) is 63.7 Å². The van der Waals surface area contributed by atoms with E-state index in [4.69, 9.17) is 4.74 Å². The van der Waals surface area contributed by atoms with E-state index in [1.165, 1.54) is 31.0 Å². The number of methoxy groups -OCH3 is 1. The van der Waals surface area contributed by atoms with Gasteiger partial charge in [0, 0.05) is 5.69 Å². The van der Waals surface area contributed by atoms with Crippen molar-refractivity contribution in [1.82, 2.24) is 25.0 Å². The van der Waals surface area contributed by atoms with Gasteiger partial charge in [0.05, 0.1) is 25.0 Å². The molecular formula is C24H34N6O2S. The van der Waals surface area contributed by atoms with Crippen LogP contribution in [0, 0.1) is 17.2 Å². The number of hydrogen-bond donors (Lipinski definition) is 1. The van der Waals surface area contributed by atoms with Gasteiger partial charge in [-0.3, -0.25) is 14.3 Å². The predicted molar refractivity (Wildman–Crippen MR) is 129 cm³/mol. The van der Waals surface area contributed by atoms with Crippen LogP contribution in [0.4, 0.5) is 0 Å². The summed E-state index contributed by atoms with van der Waals surface area (Å²) < 4.78 is 7.34. The van der Waals surface area contributed by atoms with E-state index in [-0.39, 0.29) is 23.6 Å². The standard InChI is InChI=1S/C24H34N6O2S/c1-17(2)24(4,16-25)26-21(31)15-33-23-28-27-22(18(3)29-13-7-6-8-14-29)30(23)19-9-11-20(32-5)12-10-19/h9-12,17-18H,6-8,13-15H2,1-5H3,(H,26,31). The Balaban J connectivity index is 1.85. The largest absolute Gasteiger partial charge is 0.497 e. The van der Waals surface area contributed by atoms with Gasteiger partial charge >= 0.3 is 0 Å². The fourth-order valence-corrected chi connectivity index (χ4v) is 4.60. The number of amides is 1. The molecule has 33 heavy (non-hydrogen) atoms. The van der Waals surface area contributed by atoms with Crippen molar-refractivity contribution in [3.63, 3.8) is 0 Å². The van der Waals surface area contributed by atoms with Gasteiger partial charge in [-0.05, 0) is 70.0 Å². The van der Waals surface area contributed by atoms with Crippen LogP contribution in [0.3, 0.4) is 0 Å². The van der Waals surface area contributed by atoms with Crippen LogP contribution in [0.2, 0.25) is 0 Å². The van der Waals surface area contributed by atoms with Gasteiger partial charge in [0.2, 0.25) is 5.91 Å². The average molecular weight is 471 g/mol. The van der Waals surface area contributed by atoms with Crippen LogP contribution in [0.1, 0.15) is 58.8 Å². The number of ether oxygens (including phenoxy) is 1. The van der Waals surface area contributed by atoms with Crippen molar-refractivity contribution < 1.29 is 9.53 Å². The number of carbonyl (C=O) groups excluding carboxylic acids is 1. The number of nitrogens with one attached hydrogen (secondary N) is 1. The number of thioether (sulfide) groups is 1. The maximum absolute atomic E-state index is 12.6. The van der Waals surface area contributed by atoms with Crippen molar-refractivity contribution in [3.8, 4) is 17.5 Å². The van der Waals surface area contributed by atoms with Gasteiger partial charge in [0.25, 0.3) is 0 Å². The molecule has 0 radical (unpaired) electrons. The van der Waals surface area contributed by atoms with Crippen molar-refractivity contribution in [2.24, 2.45) is 5.92 Å². The summed E-state index contributed by atoms with van der Waals surface area (Å²) in [5.74, 6) is 1.57. The van der Waals surface area contributed by atoms with E-state index in [0.717, 1.165) is 30.4 Å². The summed E-state index contributed by atoms with van der Waals surface area (Å²) in [5.41, 5.74) is 0.0153. The molecule has 0 spiro atoms. The zero-order valence-corrected chi connectivity index (χ0v) is 21.0. The molecule has 0 saturated carbocycles. The predicted octanol–water partition coefficient (Wildman–Crippen LogP) is 3.97. The summed E-state index contributed by atoms with van der Waals surface area (Å²) in [4.78, 5) is 15.1. The minimum atomic E-state index is -0.908. The maximum atomic E-state index is 12.6. The van der Waals surface area contributed by atoms with Crippen LogP contribution in [0.5, 0.6) is 5.75 Å². The SMILES string of the molecule is COc1ccc(-n2c(SCC(=O)NC(C)(C#N)C(C)C)nnc2C(C)N2CCCCC2)cc1. The Labute approximate surface area is 200 Å². The fraction of sp³-hybridized carbons (Fsp3) is 0.583. The molecule has 2 heterocycles. The van der Waals surface area contributed by atoms with Gasteiger partial charge in [-0.2, -0.15) is 5.26 Å². The van der Waals surface area contributed by atoms with E-state index in [2.05, 4.69) is 33.4 Å². The van der Waals surface area contributed by atoms with Crippen molar-refractivity contribution in [2.75, 3.05) is 26.0 Å². The van der Waals surface area contributed by atoms with E-state index < -0.39 is 5.54 Å². The first-order valence-electron chi connectivity index (χ1n) is 11.5. The number of piperidine rings is 1. The second-order valence-corrected chi connectivity index (χ2v) is 9.90. The number of aromatic nitrogens is 3. The highest BCUT2D eigenvalue weighted by atomic mass is 32.2. The van der Waals surface area contributed by atoms with Crippen LogP contribution in [0.15, 0.2) is 29.4 Å². The van der Waals surface area contributed by atoms with Gasteiger partial charge in [0.15, 0.2) is 11.0 Å². The molecule has 1 amide bonds. The van der Waals surface area contributed by atoms with Gasteiger partial charge in [0.1, 0.15) is 11.3 Å². The summed E-state index contributed by atoms with van der Waals surface area (Å²) in [7, 11) is 1.64. The molecule has 2 aromatic rings. The second-order valence-electron chi connectivity index (χ2n) is 8.95. The Kier molecular flexibility index (Phi) is 8.38. The number of carbonyl (C=O) groups is 1. The van der Waals surface area contributed by atoms with Crippen LogP contribution in [0.25, 0.3) is 5.69 Å². The van der Waals surface area contributed by atoms with E-state index in [0.29, 0.717) is 5.16 Å². The molecule has 0 aliphatic carbocycles. The quantitative estimate of drug-likeness (QED) is 0.554. The lowest BCUT2D eigenvalue weighted by atomic mass is 9.90. The number of nitriles is 1. The molecule has 178 valence electrons. The number of likely N-dealkylation sites (tertiary alicyclic amines) is 1. The highest BCUT2D eigenvalue weighted by molar-refractivity contribution is 7.99. The highest BCUT2D eigenvalue weighted by Crippen LogP contribution is 2.30. The molecule has 8 nitrogen and oxygen atoms in total. The Morgan fingerprint density at radius 1 is 1.21 bits per heavy atom. The molecule has 1 aromatic heterocycles. The van der Waals surface area contributed by atoms with Crippen LogP contribution in [-0.2, 0) is 4.79 Å². The number of hydrogen-bond acceptors (Lipinski definition) is 7. The lowest BCUT2D eigenvalue weighted by Gasteiger charge is -2.31. The first-order valence-corrected chi connectivity index (χ1v) is 12.5. The lowest BCUT2D eigenvalue weighted by molar-refractivity contribution is -0.120. The summed E-state index contributed by atoms with van der Waals surface area (Å²) in [5, 5.41) is 22.0. The molecule has 1 aromatic carbocycles. The minimum Gasteiger partial charge on any atom is -0.497 e. The van der Waals surface area contributed by atoms with Crippen LogP contribution < -0.4 is 10.1 Å². The summed E-state index contributed by atoms with van der Waals surface area (Å²) in [6.45, 7) is 9.85. The zero-order valence-electron chi connectivity index (χ0n) is 20.2. The molecule has 0 bridgehead atoms. The Morgan fingerprint density at radius 2 is 1.88 bits per heavy atom. The zero-order chi connectivity index (χ0) is 24.0. The first kappa shape index (κ1) is 25.1. The first-order chi connectivity index (χ1) is 15.8. The number of rotatable bonds is 9. The van der Waals surface area contributed by atoms with Gasteiger partial charge in [-0.25, -0.2) is 0 Å². The fourth-order valence-electron chi connectivity index (χ4n) is 3.85. The molecule has 1 aliphatic rings. The van der Waals surface area contributed by atoms with Gasteiger partial charge in [-0.15, -0.1) is 10.2 Å². The molecule has 2 atom stereocenters. The third kappa shape index (κ3) is 5.87. The van der Waals surface area contributed by atoms with Crippen LogP contribution >= 0.6 is 11.8 Å². The van der Waals surface area contributed by atoms with E-state index in [1.807, 2.05) is 42.7 Å². The molecular weight excluding hydrogens is 436 g/mol. The third-order valence-electron chi connectivity index (χ3n) is 6.42. The van der Waals surface area contributed by atoms with Gasteiger partial charge in [-0.1, -0.05) is 32.0 Å². The lowest BCUT2D eigenvalue weighted by Crippen LogP contribution is -2.49. The molecule has 1 N–H and O–H groups in total. The molecule has 1 fully saturated rings. The molecule has 1 aliphatic heterocycles. The minimum absolute atomic E-state index is 0.00334. The molecule has 2 unspecified atom stereocenters. The van der Waals surface area contributed by atoms with E-state index in [9.17, 15) is 10.1 Å². The van der Waals surface area contributed by atoms with Crippen molar-refractivity contribution in [1.29, 1.82) is 5.26 Å². The third-order valence-corrected chi connectivity index (χ3v) is 7.35. The Hall–Kier alpha value is -2.57. The second kappa shape index (κ2) is 11.0. The molecule has 1 saturated heterocycles. The molecule has 3 rings (SSSR count). The monoisotopic (exact) mass is 470 g/mol. The Morgan fingerprint density at radius 3 is 2.45 bits per heavy atom. The normalized spacial score (nSPS) is 17.2. The summed E-state index contributed by atoms with van der Waals surface area (Å²) in [6.07, 6.45) is 3.65. The van der Waals surface area contributed by atoms with E-state index in [1.54, 1.807) is 14.0 Å². The van der Waals surface area contributed by atoms with Gasteiger partial charge < -0.3 is 10.1 Å². The van der Waals surface area contributed by atoms with E-state index >= 15 is 0 Å². The van der Waals surface area contributed by atoms with Crippen molar-refractivity contribution >= 4 is 17.7 Å². The average Bonchev–Trinajstić information content (AvgIpc) is 3.26.